The first-order valence-electron chi connectivity index (χ1n) is 6.83. The lowest BCUT2D eigenvalue weighted by molar-refractivity contribution is -0.111. The molecule has 0 unspecified atom stereocenters. The SMILES string of the molecule is C#CCOc1ccc(N=C2C(=O)N(C)c3ccccc32)cc1. The van der Waals surface area contributed by atoms with E-state index in [1.54, 1.807) is 36.2 Å². The molecule has 108 valence electrons. The van der Waals surface area contributed by atoms with E-state index in [9.17, 15) is 4.79 Å². The van der Waals surface area contributed by atoms with E-state index in [2.05, 4.69) is 10.9 Å². The molecule has 2 aromatic rings. The minimum Gasteiger partial charge on any atom is -0.481 e. The summed E-state index contributed by atoms with van der Waals surface area (Å²) in [5.74, 6) is 2.99. The average molecular weight is 290 g/mol. The zero-order valence-electron chi connectivity index (χ0n) is 12.1. The first-order valence-corrected chi connectivity index (χ1v) is 6.83. The monoisotopic (exact) mass is 290 g/mol. The fourth-order valence-electron chi connectivity index (χ4n) is 2.33. The molecule has 0 radical (unpaired) electrons. The topological polar surface area (TPSA) is 41.9 Å². The van der Waals surface area contributed by atoms with Crippen LogP contribution in [0.5, 0.6) is 5.75 Å². The number of anilines is 1. The molecule has 0 saturated heterocycles. The Balaban J connectivity index is 1.92. The van der Waals surface area contributed by atoms with E-state index in [0.29, 0.717) is 17.1 Å². The summed E-state index contributed by atoms with van der Waals surface area (Å²) < 4.78 is 5.31. The highest BCUT2D eigenvalue weighted by atomic mass is 16.5. The third-order valence-corrected chi connectivity index (χ3v) is 3.43. The summed E-state index contributed by atoms with van der Waals surface area (Å²) in [7, 11) is 1.75. The third-order valence-electron chi connectivity index (χ3n) is 3.43. The Morgan fingerprint density at radius 3 is 2.64 bits per heavy atom. The molecule has 1 amide bonds. The number of nitrogens with zero attached hydrogens (tertiary/aromatic N) is 2. The number of benzene rings is 2. The number of fused-ring (bicyclic) bond motifs is 1. The van der Waals surface area contributed by atoms with Gasteiger partial charge in [0.05, 0.1) is 11.4 Å². The fraction of sp³-hybridized carbons (Fsp3) is 0.111. The van der Waals surface area contributed by atoms with Crippen LogP contribution in [0.1, 0.15) is 5.56 Å². The second kappa shape index (κ2) is 5.74. The minimum absolute atomic E-state index is 0.103. The number of para-hydroxylation sites is 1. The van der Waals surface area contributed by atoms with Crippen LogP contribution in [-0.4, -0.2) is 25.3 Å². The van der Waals surface area contributed by atoms with Crippen LogP contribution in [0.4, 0.5) is 11.4 Å². The lowest BCUT2D eigenvalue weighted by Gasteiger charge is -2.07. The first-order chi connectivity index (χ1) is 10.7. The summed E-state index contributed by atoms with van der Waals surface area (Å²) in [5, 5.41) is 0. The molecule has 1 aliphatic heterocycles. The highest BCUT2D eigenvalue weighted by molar-refractivity contribution is 6.54. The van der Waals surface area contributed by atoms with Gasteiger partial charge in [-0.05, 0) is 30.3 Å². The van der Waals surface area contributed by atoms with Crippen molar-refractivity contribution in [2.45, 2.75) is 0 Å². The van der Waals surface area contributed by atoms with E-state index in [1.807, 2.05) is 24.3 Å². The number of amides is 1. The van der Waals surface area contributed by atoms with Crippen molar-refractivity contribution >= 4 is 23.0 Å². The maximum absolute atomic E-state index is 12.3. The standard InChI is InChI=1S/C18H14N2O2/c1-3-12-22-14-10-8-13(9-11-14)19-17-15-6-4-5-7-16(15)20(2)18(17)21/h1,4-11H,12H2,2H3. The van der Waals surface area contributed by atoms with Gasteiger partial charge in [-0.25, -0.2) is 4.99 Å². The van der Waals surface area contributed by atoms with Gasteiger partial charge in [0.2, 0.25) is 0 Å². The van der Waals surface area contributed by atoms with Crippen LogP contribution in [0.15, 0.2) is 53.5 Å². The second-order valence-electron chi connectivity index (χ2n) is 4.83. The second-order valence-corrected chi connectivity index (χ2v) is 4.83. The van der Waals surface area contributed by atoms with Crippen LogP contribution < -0.4 is 9.64 Å². The smallest absolute Gasteiger partial charge is 0.277 e. The van der Waals surface area contributed by atoms with Gasteiger partial charge in [-0.15, -0.1) is 6.42 Å². The molecule has 22 heavy (non-hydrogen) atoms. The van der Waals surface area contributed by atoms with Crippen LogP contribution in [-0.2, 0) is 4.79 Å². The average Bonchev–Trinajstić information content (AvgIpc) is 2.80. The number of terminal acetylenes is 1. The summed E-state index contributed by atoms with van der Waals surface area (Å²) in [5.41, 5.74) is 2.87. The van der Waals surface area contributed by atoms with Crippen molar-refractivity contribution in [2.24, 2.45) is 4.99 Å². The Morgan fingerprint density at radius 2 is 1.91 bits per heavy atom. The molecule has 0 spiro atoms. The molecule has 0 aliphatic carbocycles. The molecule has 4 nitrogen and oxygen atoms in total. The molecule has 0 atom stereocenters. The van der Waals surface area contributed by atoms with Crippen molar-refractivity contribution in [1.82, 2.24) is 0 Å². The fourth-order valence-corrected chi connectivity index (χ4v) is 2.33. The number of hydrogen-bond acceptors (Lipinski definition) is 3. The Morgan fingerprint density at radius 1 is 1.18 bits per heavy atom. The van der Waals surface area contributed by atoms with Gasteiger partial charge in [0.25, 0.3) is 5.91 Å². The lowest BCUT2D eigenvalue weighted by atomic mass is 10.1. The van der Waals surface area contributed by atoms with Gasteiger partial charge in [0.1, 0.15) is 18.1 Å². The number of carbonyl (C=O) groups is 1. The van der Waals surface area contributed by atoms with Gasteiger partial charge >= 0.3 is 0 Å². The maximum atomic E-state index is 12.3. The molecule has 2 aromatic carbocycles. The van der Waals surface area contributed by atoms with E-state index in [-0.39, 0.29) is 12.5 Å². The molecule has 0 saturated carbocycles. The number of likely N-dealkylation sites (N-methyl/N-ethyl adjacent to an activating group) is 1. The number of hydrogen-bond donors (Lipinski definition) is 0. The predicted molar refractivity (Wildman–Crippen MR) is 86.8 cm³/mol. The number of aliphatic imine (C=N–C) groups is 1. The van der Waals surface area contributed by atoms with Gasteiger partial charge in [-0.1, -0.05) is 24.1 Å². The summed E-state index contributed by atoms with van der Waals surface area (Å²) in [4.78, 5) is 18.4. The molecule has 0 N–H and O–H groups in total. The largest absolute Gasteiger partial charge is 0.481 e. The normalized spacial score (nSPS) is 14.8. The zero-order chi connectivity index (χ0) is 15.5. The molecule has 0 fully saturated rings. The zero-order valence-corrected chi connectivity index (χ0v) is 12.1. The van der Waals surface area contributed by atoms with Gasteiger partial charge in [-0.2, -0.15) is 0 Å². The van der Waals surface area contributed by atoms with E-state index in [0.717, 1.165) is 11.3 Å². The first kappa shape index (κ1) is 13.9. The van der Waals surface area contributed by atoms with Crippen LogP contribution in [0.25, 0.3) is 0 Å². The van der Waals surface area contributed by atoms with Gasteiger partial charge in [0, 0.05) is 12.6 Å². The number of carbonyl (C=O) groups excluding carboxylic acids is 1. The maximum Gasteiger partial charge on any atom is 0.277 e. The van der Waals surface area contributed by atoms with Crippen LogP contribution >= 0.6 is 0 Å². The molecule has 0 bridgehead atoms. The third kappa shape index (κ3) is 2.45. The Bertz CT molecular complexity index is 785. The van der Waals surface area contributed by atoms with E-state index in [1.165, 1.54) is 0 Å². The van der Waals surface area contributed by atoms with Crippen molar-refractivity contribution < 1.29 is 9.53 Å². The Kier molecular flexibility index (Phi) is 3.63. The molecule has 4 heteroatoms. The van der Waals surface area contributed by atoms with Crippen molar-refractivity contribution in [3.8, 4) is 18.1 Å². The summed E-state index contributed by atoms with van der Waals surface area (Å²) >= 11 is 0. The number of ether oxygens (including phenoxy) is 1. The van der Waals surface area contributed by atoms with Crippen LogP contribution in [0, 0.1) is 12.3 Å². The Hall–Kier alpha value is -3.06. The lowest BCUT2D eigenvalue weighted by Crippen LogP contribution is -2.25. The highest BCUT2D eigenvalue weighted by Gasteiger charge is 2.30. The minimum atomic E-state index is -0.103. The summed E-state index contributed by atoms with van der Waals surface area (Å²) in [6.45, 7) is 0.227. The van der Waals surface area contributed by atoms with Crippen molar-refractivity contribution in [2.75, 3.05) is 18.6 Å². The highest BCUT2D eigenvalue weighted by Crippen LogP contribution is 2.29. The van der Waals surface area contributed by atoms with Crippen LogP contribution in [0.2, 0.25) is 0 Å². The van der Waals surface area contributed by atoms with E-state index >= 15 is 0 Å². The quantitative estimate of drug-likeness (QED) is 0.816. The van der Waals surface area contributed by atoms with Crippen LogP contribution in [0.3, 0.4) is 0 Å². The van der Waals surface area contributed by atoms with E-state index < -0.39 is 0 Å². The molecular formula is C18H14N2O2. The predicted octanol–water partition coefficient (Wildman–Crippen LogP) is 2.80. The molecule has 1 aliphatic rings. The summed E-state index contributed by atoms with van der Waals surface area (Å²) in [6, 6.07) is 14.8. The van der Waals surface area contributed by atoms with Gasteiger partial charge < -0.3 is 9.64 Å². The van der Waals surface area contributed by atoms with E-state index in [4.69, 9.17) is 11.2 Å². The van der Waals surface area contributed by atoms with Gasteiger partial charge in [0.15, 0.2) is 0 Å². The number of rotatable bonds is 3. The molecule has 3 rings (SSSR count). The van der Waals surface area contributed by atoms with Crippen molar-refractivity contribution in [3.63, 3.8) is 0 Å². The van der Waals surface area contributed by atoms with Crippen molar-refractivity contribution in [1.29, 1.82) is 0 Å². The van der Waals surface area contributed by atoms with Crippen molar-refractivity contribution in [3.05, 3.63) is 54.1 Å². The Labute approximate surface area is 129 Å². The molecule has 0 aromatic heterocycles. The van der Waals surface area contributed by atoms with Gasteiger partial charge in [-0.3, -0.25) is 4.79 Å². The molecule has 1 heterocycles. The molecular weight excluding hydrogens is 276 g/mol. The summed E-state index contributed by atoms with van der Waals surface area (Å²) in [6.07, 6.45) is 5.15.